The molecule has 2 heterocycles. The number of aromatic hydroxyl groups is 1. The maximum atomic E-state index is 10.6. The van der Waals surface area contributed by atoms with Crippen LogP contribution in [0.15, 0.2) is 53.4 Å². The molecule has 1 atom stereocenters. The van der Waals surface area contributed by atoms with Crippen LogP contribution >= 0.6 is 0 Å². The van der Waals surface area contributed by atoms with Crippen LogP contribution in [-0.2, 0) is 20.5 Å². The number of benzene rings is 2. The molecule has 7 nitrogen and oxygen atoms in total. The Morgan fingerprint density at radius 3 is 2.29 bits per heavy atom. The van der Waals surface area contributed by atoms with Gasteiger partial charge in [-0.15, -0.1) is 0 Å². The normalized spacial score (nSPS) is 17.3. The highest BCUT2D eigenvalue weighted by atomic mass is 32.2. The van der Waals surface area contributed by atoms with Crippen molar-refractivity contribution < 1.29 is 22.8 Å². The van der Waals surface area contributed by atoms with Gasteiger partial charge in [0.05, 0.1) is 16.1 Å². The third kappa shape index (κ3) is 5.04. The van der Waals surface area contributed by atoms with Crippen LogP contribution in [0.25, 0.3) is 10.9 Å². The number of hydrogen-bond acceptors (Lipinski definition) is 6. The van der Waals surface area contributed by atoms with Crippen molar-refractivity contribution in [3.8, 4) is 5.75 Å². The molecule has 166 valence electrons. The lowest BCUT2D eigenvalue weighted by Gasteiger charge is -2.21. The Kier molecular flexibility index (Phi) is 6.38. The Balaban J connectivity index is 0.000000210. The number of fused-ring (bicyclic) bond motifs is 2. The van der Waals surface area contributed by atoms with Gasteiger partial charge in [-0.25, -0.2) is 4.98 Å². The van der Waals surface area contributed by atoms with E-state index in [1.165, 1.54) is 12.1 Å². The van der Waals surface area contributed by atoms with E-state index in [1.807, 2.05) is 59.1 Å². The minimum absolute atomic E-state index is 0.0666. The topological polar surface area (TPSA) is 100.0 Å². The summed E-state index contributed by atoms with van der Waals surface area (Å²) in [6.07, 6.45) is -0.146. The highest BCUT2D eigenvalue weighted by Crippen LogP contribution is 2.48. The molecule has 1 aromatic heterocycles. The molecule has 0 amide bonds. The first kappa shape index (κ1) is 23.1. The Morgan fingerprint density at radius 1 is 1.10 bits per heavy atom. The van der Waals surface area contributed by atoms with Gasteiger partial charge in [-0.1, -0.05) is 29.8 Å². The highest BCUT2D eigenvalue weighted by molar-refractivity contribution is 7.85. The molecular formula is C23H28N2O5S. The summed E-state index contributed by atoms with van der Waals surface area (Å²) in [7, 11) is -0.0198. The van der Waals surface area contributed by atoms with Gasteiger partial charge in [0.2, 0.25) is 0 Å². The van der Waals surface area contributed by atoms with Gasteiger partial charge >= 0.3 is 0 Å². The van der Waals surface area contributed by atoms with Gasteiger partial charge in [0.1, 0.15) is 17.5 Å². The molecule has 31 heavy (non-hydrogen) atoms. The molecule has 3 aromatic rings. The fraction of sp³-hybridized carbons (Fsp3) is 0.348. The standard InChI is InChI=1S/C16H20N2O2.C7H8O3S/c1-16(2)15-13(12(20-16)9-18(3)4)14(19)10-7-5-6-8-11(10)17-15;1-6-2-4-7(5-3-6)11(8,9)10/h5-8,12H,9H2,1-4H3,(H,17,19);2-5H,1H3,(H,8,9,10). The number of rotatable bonds is 3. The molecule has 0 spiro atoms. The van der Waals surface area contributed by atoms with Gasteiger partial charge in [-0.2, -0.15) is 8.42 Å². The summed E-state index contributed by atoms with van der Waals surface area (Å²) in [5.41, 5.74) is 2.98. The zero-order valence-corrected chi connectivity index (χ0v) is 19.1. The van der Waals surface area contributed by atoms with E-state index in [9.17, 15) is 13.5 Å². The third-order valence-electron chi connectivity index (χ3n) is 5.08. The number of nitrogens with zero attached hydrogens (tertiary/aromatic N) is 2. The summed E-state index contributed by atoms with van der Waals surface area (Å²) in [5, 5.41) is 11.4. The second-order valence-corrected chi connectivity index (χ2v) is 9.83. The molecular weight excluding hydrogens is 416 g/mol. The maximum absolute atomic E-state index is 10.6. The van der Waals surface area contributed by atoms with Crippen LogP contribution in [0.3, 0.4) is 0 Å². The van der Waals surface area contributed by atoms with E-state index in [1.54, 1.807) is 12.1 Å². The first-order valence-electron chi connectivity index (χ1n) is 9.89. The number of aromatic nitrogens is 1. The van der Waals surface area contributed by atoms with Crippen LogP contribution < -0.4 is 0 Å². The zero-order valence-electron chi connectivity index (χ0n) is 18.3. The molecule has 1 aliphatic rings. The van der Waals surface area contributed by atoms with Crippen LogP contribution in [0.1, 0.15) is 36.8 Å². The van der Waals surface area contributed by atoms with Gasteiger partial charge in [0.15, 0.2) is 0 Å². The van der Waals surface area contributed by atoms with Crippen molar-refractivity contribution >= 4 is 21.0 Å². The van der Waals surface area contributed by atoms with E-state index in [-0.39, 0.29) is 11.0 Å². The van der Waals surface area contributed by atoms with Crippen LogP contribution in [0.5, 0.6) is 5.75 Å². The van der Waals surface area contributed by atoms with Crippen LogP contribution in [0, 0.1) is 6.92 Å². The van der Waals surface area contributed by atoms with Gasteiger partial charge < -0.3 is 14.7 Å². The number of ether oxygens (including phenoxy) is 1. The molecule has 1 unspecified atom stereocenters. The van der Waals surface area contributed by atoms with Crippen molar-refractivity contribution in [2.24, 2.45) is 0 Å². The predicted molar refractivity (Wildman–Crippen MR) is 120 cm³/mol. The van der Waals surface area contributed by atoms with Crippen molar-refractivity contribution in [1.82, 2.24) is 9.88 Å². The number of likely N-dealkylation sites (N-methyl/N-ethyl adjacent to an activating group) is 1. The maximum Gasteiger partial charge on any atom is 0.294 e. The molecule has 0 aliphatic carbocycles. The fourth-order valence-electron chi connectivity index (χ4n) is 3.61. The number of aryl methyl sites for hydroxylation is 1. The fourth-order valence-corrected chi connectivity index (χ4v) is 4.09. The van der Waals surface area contributed by atoms with E-state index >= 15 is 0 Å². The third-order valence-corrected chi connectivity index (χ3v) is 5.95. The Bertz CT molecular complexity index is 1190. The van der Waals surface area contributed by atoms with E-state index in [0.29, 0.717) is 5.75 Å². The summed E-state index contributed by atoms with van der Waals surface area (Å²) in [6.45, 7) is 6.57. The number of pyridine rings is 1. The van der Waals surface area contributed by atoms with Crippen LogP contribution in [0.2, 0.25) is 0 Å². The van der Waals surface area contributed by atoms with Crippen LogP contribution in [0.4, 0.5) is 0 Å². The molecule has 0 saturated heterocycles. The summed E-state index contributed by atoms with van der Waals surface area (Å²) >= 11 is 0. The Hall–Kier alpha value is -2.52. The first-order chi connectivity index (χ1) is 14.4. The quantitative estimate of drug-likeness (QED) is 0.588. The monoisotopic (exact) mass is 444 g/mol. The smallest absolute Gasteiger partial charge is 0.294 e. The minimum atomic E-state index is -4.02. The highest BCUT2D eigenvalue weighted by Gasteiger charge is 2.42. The molecule has 1 aliphatic heterocycles. The molecule has 0 bridgehead atoms. The van der Waals surface area contributed by atoms with Gasteiger partial charge in [0.25, 0.3) is 10.1 Å². The van der Waals surface area contributed by atoms with Crippen molar-refractivity contribution in [3.63, 3.8) is 0 Å². The number of hydrogen-bond donors (Lipinski definition) is 2. The molecule has 8 heteroatoms. The van der Waals surface area contributed by atoms with Crippen molar-refractivity contribution in [3.05, 3.63) is 65.4 Å². The van der Waals surface area contributed by atoms with Crippen molar-refractivity contribution in [2.45, 2.75) is 37.4 Å². The lowest BCUT2D eigenvalue weighted by atomic mass is 9.97. The van der Waals surface area contributed by atoms with Crippen molar-refractivity contribution in [1.29, 1.82) is 0 Å². The lowest BCUT2D eigenvalue weighted by molar-refractivity contribution is -0.0615. The Morgan fingerprint density at radius 2 is 1.71 bits per heavy atom. The summed E-state index contributed by atoms with van der Waals surface area (Å²) in [5.74, 6) is 0.308. The van der Waals surface area contributed by atoms with Gasteiger partial charge in [0, 0.05) is 17.5 Å². The summed E-state index contributed by atoms with van der Waals surface area (Å²) < 4.78 is 35.7. The van der Waals surface area contributed by atoms with Crippen molar-refractivity contribution in [2.75, 3.05) is 20.6 Å². The molecule has 4 rings (SSSR count). The SMILES string of the molecule is CN(C)CC1OC(C)(C)c2nc3ccccc3c(O)c21.Cc1ccc(S(=O)(=O)O)cc1. The average molecular weight is 445 g/mol. The first-order valence-corrected chi connectivity index (χ1v) is 11.3. The summed E-state index contributed by atoms with van der Waals surface area (Å²) in [4.78, 5) is 6.72. The Labute approximate surface area is 183 Å². The summed E-state index contributed by atoms with van der Waals surface area (Å²) in [6, 6.07) is 13.7. The van der Waals surface area contributed by atoms with E-state index < -0.39 is 15.7 Å². The second kappa shape index (κ2) is 8.55. The lowest BCUT2D eigenvalue weighted by Crippen LogP contribution is -2.23. The van der Waals surface area contributed by atoms with Gasteiger partial charge in [-0.3, -0.25) is 4.55 Å². The molecule has 2 N–H and O–H groups in total. The molecule has 0 fully saturated rings. The molecule has 2 aromatic carbocycles. The van der Waals surface area contributed by atoms with E-state index in [0.717, 1.165) is 34.3 Å². The zero-order chi connectivity index (χ0) is 23.0. The van der Waals surface area contributed by atoms with Crippen LogP contribution in [-0.4, -0.2) is 48.6 Å². The number of para-hydroxylation sites is 1. The second-order valence-electron chi connectivity index (χ2n) is 8.41. The minimum Gasteiger partial charge on any atom is -0.507 e. The average Bonchev–Trinajstić information content (AvgIpc) is 2.91. The van der Waals surface area contributed by atoms with Gasteiger partial charge in [-0.05, 0) is 59.1 Å². The predicted octanol–water partition coefficient (Wildman–Crippen LogP) is 4.05. The molecule has 0 radical (unpaired) electrons. The van der Waals surface area contributed by atoms with E-state index in [4.69, 9.17) is 14.3 Å². The largest absolute Gasteiger partial charge is 0.507 e. The molecule has 0 saturated carbocycles. The van der Waals surface area contributed by atoms with E-state index in [2.05, 4.69) is 4.90 Å².